The molecule has 5 aromatic carbocycles. The molecule has 37 heavy (non-hydrogen) atoms. The molecule has 0 spiro atoms. The van der Waals surface area contributed by atoms with Crippen molar-refractivity contribution in [3.8, 4) is 11.1 Å². The molecule has 0 bridgehead atoms. The number of hydrogen-bond acceptors (Lipinski definition) is 1. The minimum Gasteiger partial charge on any atom is -0.341 e. The van der Waals surface area contributed by atoms with Crippen molar-refractivity contribution < 1.29 is 13.2 Å². The predicted molar refractivity (Wildman–Crippen MR) is 146 cm³/mol. The van der Waals surface area contributed by atoms with E-state index in [0.717, 1.165) is 29.9 Å². The van der Waals surface area contributed by atoms with Crippen LogP contribution in [0.3, 0.4) is 0 Å². The van der Waals surface area contributed by atoms with E-state index in [9.17, 15) is 13.2 Å². The molecule has 0 saturated carbocycles. The summed E-state index contributed by atoms with van der Waals surface area (Å²) in [6, 6.07) is 28.3. The van der Waals surface area contributed by atoms with Crippen molar-refractivity contribution >= 4 is 32.9 Å². The van der Waals surface area contributed by atoms with E-state index in [1.807, 2.05) is 0 Å². The van der Waals surface area contributed by atoms with Gasteiger partial charge in [-0.25, -0.2) is 0 Å². The van der Waals surface area contributed by atoms with Crippen LogP contribution in [0.4, 0.5) is 24.5 Å². The fourth-order valence-corrected chi connectivity index (χ4v) is 6.52. The first-order valence-electron chi connectivity index (χ1n) is 12.8. The zero-order valence-electron chi connectivity index (χ0n) is 20.8. The lowest BCUT2D eigenvalue weighted by atomic mass is 9.81. The van der Waals surface area contributed by atoms with Crippen LogP contribution in [0, 0.1) is 0 Å². The summed E-state index contributed by atoms with van der Waals surface area (Å²) in [4.78, 5) is 2.18. The molecule has 1 aliphatic carbocycles. The smallest absolute Gasteiger partial charge is 0.341 e. The molecule has 0 unspecified atom stereocenters. The maximum absolute atomic E-state index is 13.3. The Balaban J connectivity index is 1.38. The summed E-state index contributed by atoms with van der Waals surface area (Å²) >= 11 is 0. The van der Waals surface area contributed by atoms with Gasteiger partial charge in [0, 0.05) is 23.3 Å². The second-order valence-electron chi connectivity index (χ2n) is 10.8. The number of alkyl halides is 3. The van der Waals surface area contributed by atoms with Gasteiger partial charge in [-0.1, -0.05) is 68.4 Å². The van der Waals surface area contributed by atoms with Gasteiger partial charge in [0.05, 0.1) is 5.56 Å². The molecule has 0 saturated heterocycles. The van der Waals surface area contributed by atoms with Gasteiger partial charge in [-0.2, -0.15) is 13.2 Å². The van der Waals surface area contributed by atoms with Crippen LogP contribution in [0.2, 0.25) is 0 Å². The molecule has 1 aliphatic heterocycles. The summed E-state index contributed by atoms with van der Waals surface area (Å²) < 4.78 is 40.0. The third-order valence-electron chi connectivity index (χ3n) is 8.38. The van der Waals surface area contributed by atoms with Gasteiger partial charge in [0.15, 0.2) is 0 Å². The summed E-state index contributed by atoms with van der Waals surface area (Å²) in [6.45, 7) is 5.33. The summed E-state index contributed by atoms with van der Waals surface area (Å²) in [5.41, 5.74) is 7.05. The highest BCUT2D eigenvalue weighted by Crippen LogP contribution is 2.53. The van der Waals surface area contributed by atoms with E-state index < -0.39 is 11.7 Å². The molecular weight excluding hydrogens is 467 g/mol. The summed E-state index contributed by atoms with van der Waals surface area (Å²) in [5, 5.41) is 5.02. The molecule has 1 nitrogen and oxygen atoms in total. The number of nitrogens with zero attached hydrogens (tertiary/aromatic N) is 1. The Bertz CT molecular complexity index is 1730. The fourth-order valence-electron chi connectivity index (χ4n) is 6.52. The fraction of sp³-hybridized carbons (Fsp3) is 0.212. The zero-order valence-corrected chi connectivity index (χ0v) is 20.8. The Hall–Kier alpha value is -3.79. The van der Waals surface area contributed by atoms with E-state index >= 15 is 0 Å². The van der Waals surface area contributed by atoms with Crippen molar-refractivity contribution in [2.24, 2.45) is 0 Å². The molecule has 1 heterocycles. The molecule has 2 aliphatic rings. The van der Waals surface area contributed by atoms with Crippen molar-refractivity contribution in [3.63, 3.8) is 0 Å². The molecule has 0 N–H and O–H groups in total. The predicted octanol–water partition coefficient (Wildman–Crippen LogP) is 9.40. The number of rotatable bonds is 1. The quantitative estimate of drug-likeness (QED) is 0.210. The van der Waals surface area contributed by atoms with E-state index in [1.165, 1.54) is 55.9 Å². The Kier molecular flexibility index (Phi) is 4.61. The van der Waals surface area contributed by atoms with Crippen molar-refractivity contribution in [1.82, 2.24) is 0 Å². The number of halogens is 3. The molecule has 7 rings (SSSR count). The van der Waals surface area contributed by atoms with Crippen LogP contribution < -0.4 is 4.90 Å². The highest BCUT2D eigenvalue weighted by molar-refractivity contribution is 6.14. The Morgan fingerprint density at radius 2 is 1.57 bits per heavy atom. The average molecular weight is 494 g/mol. The molecule has 184 valence electrons. The van der Waals surface area contributed by atoms with E-state index in [0.29, 0.717) is 6.42 Å². The maximum atomic E-state index is 13.3. The number of hydrogen-bond donors (Lipinski definition) is 0. The van der Waals surface area contributed by atoms with Crippen LogP contribution in [-0.2, 0) is 18.0 Å². The monoisotopic (exact) mass is 493 g/mol. The van der Waals surface area contributed by atoms with Crippen LogP contribution in [0.1, 0.15) is 42.5 Å². The number of fused-ring (bicyclic) bond motifs is 8. The average Bonchev–Trinajstić information content (AvgIpc) is 3.13. The lowest BCUT2D eigenvalue weighted by molar-refractivity contribution is -0.137. The van der Waals surface area contributed by atoms with E-state index in [4.69, 9.17) is 0 Å². The van der Waals surface area contributed by atoms with E-state index in [1.54, 1.807) is 6.07 Å². The highest BCUT2D eigenvalue weighted by atomic mass is 19.4. The maximum Gasteiger partial charge on any atom is 0.416 e. The molecular formula is C33H26F3N. The minimum absolute atomic E-state index is 0.181. The van der Waals surface area contributed by atoms with Gasteiger partial charge in [-0.3, -0.25) is 0 Å². The standard InChI is InChI=1S/C33H26F3N/c1-32(2)28-15-14-25-24-8-4-3-6-20(24)9-12-26(25)31(28)27-13-11-23(19-29(27)32)37-17-5-7-21-18-22(33(34,35)36)10-16-30(21)37/h3-4,6,8-16,18-19H,5,7,17H2,1-2H3. The second-order valence-corrected chi connectivity index (χ2v) is 10.8. The molecule has 0 fully saturated rings. The topological polar surface area (TPSA) is 3.24 Å². The summed E-state index contributed by atoms with van der Waals surface area (Å²) in [5.74, 6) is 0. The number of benzene rings is 5. The zero-order chi connectivity index (χ0) is 25.5. The third kappa shape index (κ3) is 3.24. The van der Waals surface area contributed by atoms with Crippen LogP contribution in [0.15, 0.2) is 84.9 Å². The van der Waals surface area contributed by atoms with Gasteiger partial charge in [0.1, 0.15) is 0 Å². The highest BCUT2D eigenvalue weighted by Gasteiger charge is 2.37. The van der Waals surface area contributed by atoms with Crippen LogP contribution in [-0.4, -0.2) is 6.54 Å². The molecule has 0 amide bonds. The minimum atomic E-state index is -4.32. The summed E-state index contributed by atoms with van der Waals surface area (Å²) in [7, 11) is 0. The van der Waals surface area contributed by atoms with Crippen LogP contribution >= 0.6 is 0 Å². The van der Waals surface area contributed by atoms with Gasteiger partial charge in [-0.15, -0.1) is 0 Å². The van der Waals surface area contributed by atoms with Crippen molar-refractivity contribution in [3.05, 3.63) is 107 Å². The molecule has 4 heteroatoms. The van der Waals surface area contributed by atoms with Crippen LogP contribution in [0.5, 0.6) is 0 Å². The van der Waals surface area contributed by atoms with Gasteiger partial charge in [0.2, 0.25) is 0 Å². The van der Waals surface area contributed by atoms with Crippen molar-refractivity contribution in [2.45, 2.75) is 38.3 Å². The number of aryl methyl sites for hydroxylation is 1. The van der Waals surface area contributed by atoms with Gasteiger partial charge in [0.25, 0.3) is 0 Å². The number of anilines is 2. The van der Waals surface area contributed by atoms with Gasteiger partial charge in [-0.05, 0) is 92.5 Å². The Morgan fingerprint density at radius 1 is 0.757 bits per heavy atom. The Labute approximate surface area is 214 Å². The van der Waals surface area contributed by atoms with Gasteiger partial charge < -0.3 is 4.90 Å². The molecule has 5 aromatic rings. The third-order valence-corrected chi connectivity index (χ3v) is 8.38. The lowest BCUT2D eigenvalue weighted by Crippen LogP contribution is -2.25. The first-order chi connectivity index (χ1) is 17.7. The first-order valence-corrected chi connectivity index (χ1v) is 12.8. The summed E-state index contributed by atoms with van der Waals surface area (Å²) in [6.07, 6.45) is -2.83. The van der Waals surface area contributed by atoms with Crippen LogP contribution in [0.25, 0.3) is 32.7 Å². The molecule has 0 atom stereocenters. The van der Waals surface area contributed by atoms with E-state index in [-0.39, 0.29) is 5.41 Å². The van der Waals surface area contributed by atoms with Crippen molar-refractivity contribution in [2.75, 3.05) is 11.4 Å². The molecule has 0 radical (unpaired) electrons. The second kappa shape index (κ2) is 7.61. The Morgan fingerprint density at radius 3 is 2.41 bits per heavy atom. The van der Waals surface area contributed by atoms with Crippen molar-refractivity contribution in [1.29, 1.82) is 0 Å². The first kappa shape index (κ1) is 22.4. The SMILES string of the molecule is CC1(C)c2cc(N3CCCc4cc(C(F)(F)F)ccc43)ccc2-c2c1ccc1c2ccc2ccccc21. The van der Waals surface area contributed by atoms with Gasteiger partial charge >= 0.3 is 6.18 Å². The normalized spacial score (nSPS) is 16.1. The lowest BCUT2D eigenvalue weighted by Gasteiger charge is -2.33. The van der Waals surface area contributed by atoms with E-state index in [2.05, 4.69) is 85.5 Å². The largest absolute Gasteiger partial charge is 0.416 e. The molecule has 0 aromatic heterocycles.